The van der Waals surface area contributed by atoms with Gasteiger partial charge in [-0.3, -0.25) is 19.2 Å². The molecule has 3 heterocycles. The van der Waals surface area contributed by atoms with Gasteiger partial charge in [-0.25, -0.2) is 4.79 Å². The van der Waals surface area contributed by atoms with E-state index in [0.717, 1.165) is 46.2 Å². The number of hydrogen-bond acceptors (Lipinski definition) is 4. The number of aromatic nitrogens is 3. The fraction of sp³-hybridized carbons (Fsp3) is 0.333. The number of aromatic amines is 2. The minimum Gasteiger partial charge on any atom is -0.494 e. The van der Waals surface area contributed by atoms with E-state index in [1.807, 2.05) is 25.1 Å². The van der Waals surface area contributed by atoms with Crippen molar-refractivity contribution in [3.63, 3.8) is 0 Å². The summed E-state index contributed by atoms with van der Waals surface area (Å²) in [5, 5.41) is 11.7. The number of aromatic hydroxyl groups is 1. The lowest BCUT2D eigenvalue weighted by Crippen LogP contribution is -2.41. The maximum absolute atomic E-state index is 12.5. The zero-order valence-corrected chi connectivity index (χ0v) is 14.2. The summed E-state index contributed by atoms with van der Waals surface area (Å²) in [6.07, 6.45) is 0.869. The van der Waals surface area contributed by atoms with Crippen LogP contribution in [-0.4, -0.2) is 37.6 Å². The smallest absolute Gasteiger partial charge is 0.330 e. The van der Waals surface area contributed by atoms with Crippen LogP contribution in [0.25, 0.3) is 10.9 Å². The Morgan fingerprint density at radius 1 is 1.24 bits per heavy atom. The first kappa shape index (κ1) is 15.7. The van der Waals surface area contributed by atoms with Gasteiger partial charge in [0.05, 0.1) is 6.04 Å². The summed E-state index contributed by atoms with van der Waals surface area (Å²) < 4.78 is 1.07. The van der Waals surface area contributed by atoms with Crippen LogP contribution in [0.3, 0.4) is 0 Å². The lowest BCUT2D eigenvalue weighted by molar-refractivity contribution is 0.215. The van der Waals surface area contributed by atoms with E-state index in [0.29, 0.717) is 0 Å². The molecule has 1 unspecified atom stereocenters. The summed E-state index contributed by atoms with van der Waals surface area (Å²) in [7, 11) is 1.45. The van der Waals surface area contributed by atoms with Crippen LogP contribution in [0.15, 0.2) is 33.9 Å². The Morgan fingerprint density at radius 3 is 2.76 bits per heavy atom. The van der Waals surface area contributed by atoms with E-state index >= 15 is 0 Å². The molecule has 3 N–H and O–H groups in total. The lowest BCUT2D eigenvalue weighted by Gasteiger charge is -2.35. The number of likely N-dealkylation sites (N-methyl/N-ethyl adjacent to an activating group) is 1. The summed E-state index contributed by atoms with van der Waals surface area (Å²) in [6.45, 7) is 3.52. The van der Waals surface area contributed by atoms with Crippen LogP contribution < -0.4 is 11.2 Å². The lowest BCUT2D eigenvalue weighted by atomic mass is 9.93. The number of H-pyrrole nitrogens is 2. The first-order valence-electron chi connectivity index (χ1n) is 8.38. The average molecular weight is 340 g/mol. The maximum Gasteiger partial charge on any atom is 0.330 e. The molecule has 4 rings (SSSR count). The largest absolute Gasteiger partial charge is 0.494 e. The normalized spacial score (nSPS) is 17.8. The van der Waals surface area contributed by atoms with E-state index in [1.165, 1.54) is 7.05 Å². The number of para-hydroxylation sites is 1. The van der Waals surface area contributed by atoms with Gasteiger partial charge < -0.3 is 10.1 Å². The Bertz CT molecular complexity index is 1080. The van der Waals surface area contributed by atoms with Crippen LogP contribution in [0.5, 0.6) is 5.88 Å². The molecule has 0 saturated heterocycles. The molecule has 0 radical (unpaired) electrons. The number of nitrogens with one attached hydrogen (secondary N) is 2. The van der Waals surface area contributed by atoms with Crippen LogP contribution in [0, 0.1) is 0 Å². The molecule has 1 aliphatic heterocycles. The SMILES string of the molecule is CCN1CCc2c([nH]c3ccccc23)C1c1c(O)n(C)c(=O)[nH]c1=O. The fourth-order valence-electron chi connectivity index (χ4n) is 3.83. The monoisotopic (exact) mass is 340 g/mol. The van der Waals surface area contributed by atoms with Crippen molar-refractivity contribution in [3.8, 4) is 5.88 Å². The molecule has 7 nitrogen and oxygen atoms in total. The van der Waals surface area contributed by atoms with Gasteiger partial charge >= 0.3 is 5.69 Å². The summed E-state index contributed by atoms with van der Waals surface area (Å²) in [6, 6.07) is 7.61. The van der Waals surface area contributed by atoms with Crippen molar-refractivity contribution < 1.29 is 5.11 Å². The second-order valence-electron chi connectivity index (χ2n) is 6.40. The van der Waals surface area contributed by atoms with Gasteiger partial charge in [0, 0.05) is 30.2 Å². The number of benzene rings is 1. The number of nitrogens with zero attached hydrogens (tertiary/aromatic N) is 2. The summed E-state index contributed by atoms with van der Waals surface area (Å²) >= 11 is 0. The molecule has 7 heteroatoms. The molecule has 0 amide bonds. The summed E-state index contributed by atoms with van der Waals surface area (Å²) in [5.74, 6) is -0.288. The highest BCUT2D eigenvalue weighted by Gasteiger charge is 2.35. The predicted octanol–water partition coefficient (Wildman–Crippen LogP) is 1.23. The predicted molar refractivity (Wildman–Crippen MR) is 95.1 cm³/mol. The Hall–Kier alpha value is -2.80. The van der Waals surface area contributed by atoms with Crippen molar-refractivity contribution in [2.24, 2.45) is 7.05 Å². The molecule has 0 spiro atoms. The van der Waals surface area contributed by atoms with Crippen molar-refractivity contribution >= 4 is 10.9 Å². The van der Waals surface area contributed by atoms with E-state index in [2.05, 4.69) is 20.9 Å². The summed E-state index contributed by atoms with van der Waals surface area (Å²) in [4.78, 5) is 32.2. The van der Waals surface area contributed by atoms with Crippen molar-refractivity contribution in [2.75, 3.05) is 13.1 Å². The molecule has 1 aromatic carbocycles. The third kappa shape index (κ3) is 2.23. The van der Waals surface area contributed by atoms with Crippen LogP contribution >= 0.6 is 0 Å². The number of hydrogen-bond donors (Lipinski definition) is 3. The zero-order valence-electron chi connectivity index (χ0n) is 14.2. The van der Waals surface area contributed by atoms with E-state index in [-0.39, 0.29) is 11.4 Å². The number of fused-ring (bicyclic) bond motifs is 3. The standard InChI is InChI=1S/C18H20N4O3/c1-3-22-9-8-11-10-6-4-5-7-12(10)19-14(11)15(22)13-16(23)20-18(25)21(2)17(13)24/h4-7,15,19,24H,3,8-9H2,1-2H3,(H,20,23,25). The maximum atomic E-state index is 12.5. The van der Waals surface area contributed by atoms with Crippen molar-refractivity contribution in [1.82, 2.24) is 19.4 Å². The molecular weight excluding hydrogens is 320 g/mol. The van der Waals surface area contributed by atoms with E-state index in [9.17, 15) is 14.7 Å². The number of rotatable bonds is 2. The first-order chi connectivity index (χ1) is 12.0. The van der Waals surface area contributed by atoms with Gasteiger partial charge in [-0.15, -0.1) is 0 Å². The second kappa shape index (κ2) is 5.63. The van der Waals surface area contributed by atoms with E-state index in [4.69, 9.17) is 0 Å². The van der Waals surface area contributed by atoms with Gasteiger partial charge in [-0.2, -0.15) is 0 Å². The molecule has 0 saturated carbocycles. The van der Waals surface area contributed by atoms with Crippen LogP contribution in [0.1, 0.15) is 29.8 Å². The van der Waals surface area contributed by atoms with Crippen LogP contribution in [0.2, 0.25) is 0 Å². The van der Waals surface area contributed by atoms with Crippen LogP contribution in [-0.2, 0) is 13.5 Å². The highest BCUT2D eigenvalue weighted by atomic mass is 16.3. The van der Waals surface area contributed by atoms with E-state index < -0.39 is 17.3 Å². The molecule has 25 heavy (non-hydrogen) atoms. The Balaban J connectivity index is 2.03. The molecule has 0 fully saturated rings. The first-order valence-corrected chi connectivity index (χ1v) is 8.38. The highest BCUT2D eigenvalue weighted by molar-refractivity contribution is 5.85. The zero-order chi connectivity index (χ0) is 17.7. The van der Waals surface area contributed by atoms with Gasteiger partial charge in [0.2, 0.25) is 5.88 Å². The molecule has 1 aliphatic rings. The topological polar surface area (TPSA) is 94.1 Å². The molecule has 0 aliphatic carbocycles. The van der Waals surface area contributed by atoms with Gasteiger partial charge in [0.15, 0.2) is 0 Å². The highest BCUT2D eigenvalue weighted by Crippen LogP contribution is 2.39. The second-order valence-corrected chi connectivity index (χ2v) is 6.40. The van der Waals surface area contributed by atoms with Gasteiger partial charge in [0.1, 0.15) is 5.56 Å². The Labute approximate surface area is 143 Å². The van der Waals surface area contributed by atoms with Crippen molar-refractivity contribution in [2.45, 2.75) is 19.4 Å². The molecule has 2 aromatic heterocycles. The molecule has 3 aromatic rings. The Kier molecular flexibility index (Phi) is 3.54. The minimum atomic E-state index is -0.623. The van der Waals surface area contributed by atoms with Gasteiger partial charge in [-0.05, 0) is 24.6 Å². The average Bonchev–Trinajstić information content (AvgIpc) is 2.99. The van der Waals surface area contributed by atoms with Gasteiger partial charge in [0.25, 0.3) is 5.56 Å². The van der Waals surface area contributed by atoms with Gasteiger partial charge in [-0.1, -0.05) is 25.1 Å². The fourth-order valence-corrected chi connectivity index (χ4v) is 3.83. The molecule has 130 valence electrons. The third-order valence-corrected chi connectivity index (χ3v) is 5.14. The molecule has 0 bridgehead atoms. The molecular formula is C18H20N4O3. The summed E-state index contributed by atoms with van der Waals surface area (Å²) in [5.41, 5.74) is 2.12. The molecule has 1 atom stereocenters. The minimum absolute atomic E-state index is 0.205. The quantitative estimate of drug-likeness (QED) is 0.654. The van der Waals surface area contributed by atoms with Crippen LogP contribution in [0.4, 0.5) is 0 Å². The Morgan fingerprint density at radius 2 is 2.00 bits per heavy atom. The van der Waals surface area contributed by atoms with E-state index in [1.54, 1.807) is 0 Å². The van der Waals surface area contributed by atoms with Crippen molar-refractivity contribution in [1.29, 1.82) is 0 Å². The third-order valence-electron chi connectivity index (χ3n) is 5.14. The van der Waals surface area contributed by atoms with Crippen molar-refractivity contribution in [3.05, 3.63) is 61.9 Å².